The zero-order valence-corrected chi connectivity index (χ0v) is 16.7. The molecule has 150 valence electrons. The third-order valence-electron chi connectivity index (χ3n) is 4.74. The standard InChI is InChI=1S/C23H23FN2O3/c1-4-29-23(28)21-15(2)22(17-10-6-5-7-11-17)26(16(21)3)14-20(27)25-19-13-9-8-12-18(19)24/h5-13H,4,14H2,1-3H3,(H,25,27). The average Bonchev–Trinajstić information content (AvgIpc) is 2.94. The van der Waals surface area contributed by atoms with Gasteiger partial charge in [-0.3, -0.25) is 4.79 Å². The Morgan fingerprint density at radius 1 is 1.03 bits per heavy atom. The molecule has 0 spiro atoms. The number of aromatic nitrogens is 1. The first-order valence-corrected chi connectivity index (χ1v) is 9.40. The lowest BCUT2D eigenvalue weighted by Gasteiger charge is -2.13. The Morgan fingerprint density at radius 3 is 2.34 bits per heavy atom. The Labute approximate surface area is 169 Å². The Hall–Kier alpha value is -3.41. The van der Waals surface area contributed by atoms with E-state index in [4.69, 9.17) is 4.74 Å². The molecule has 0 aliphatic rings. The SMILES string of the molecule is CCOC(=O)c1c(C)c(-c2ccccc2)n(CC(=O)Nc2ccccc2F)c1C. The number of halogens is 1. The predicted octanol–water partition coefficient (Wildman–Crippen LogP) is 4.73. The number of nitrogens with one attached hydrogen (secondary N) is 1. The molecule has 0 saturated carbocycles. The normalized spacial score (nSPS) is 10.6. The number of carbonyl (C=O) groups is 2. The van der Waals surface area contributed by atoms with E-state index < -0.39 is 11.8 Å². The van der Waals surface area contributed by atoms with Crippen LogP contribution in [0.1, 0.15) is 28.5 Å². The van der Waals surface area contributed by atoms with E-state index in [9.17, 15) is 14.0 Å². The average molecular weight is 394 g/mol. The Bertz CT molecular complexity index is 1040. The fourth-order valence-corrected chi connectivity index (χ4v) is 3.46. The minimum absolute atomic E-state index is 0.0648. The Balaban J connectivity index is 2.02. The summed E-state index contributed by atoms with van der Waals surface area (Å²) in [5, 5.41) is 2.60. The van der Waals surface area contributed by atoms with Gasteiger partial charge in [0.2, 0.25) is 5.91 Å². The van der Waals surface area contributed by atoms with E-state index in [1.807, 2.05) is 37.3 Å². The summed E-state index contributed by atoms with van der Waals surface area (Å²) < 4.78 is 20.9. The summed E-state index contributed by atoms with van der Waals surface area (Å²) in [5.41, 5.74) is 3.57. The van der Waals surface area contributed by atoms with Crippen LogP contribution < -0.4 is 5.32 Å². The van der Waals surface area contributed by atoms with Crippen LogP contribution in [0.5, 0.6) is 0 Å². The molecule has 1 amide bonds. The maximum Gasteiger partial charge on any atom is 0.340 e. The molecule has 5 nitrogen and oxygen atoms in total. The molecule has 0 radical (unpaired) electrons. The van der Waals surface area contributed by atoms with Gasteiger partial charge in [0, 0.05) is 5.69 Å². The van der Waals surface area contributed by atoms with Gasteiger partial charge in [-0.05, 0) is 44.0 Å². The molecule has 0 atom stereocenters. The molecule has 2 aromatic carbocycles. The molecular weight excluding hydrogens is 371 g/mol. The smallest absolute Gasteiger partial charge is 0.340 e. The highest BCUT2D eigenvalue weighted by Gasteiger charge is 2.25. The van der Waals surface area contributed by atoms with Gasteiger partial charge in [0.1, 0.15) is 12.4 Å². The highest BCUT2D eigenvalue weighted by atomic mass is 19.1. The van der Waals surface area contributed by atoms with Crippen molar-refractivity contribution in [1.82, 2.24) is 4.57 Å². The monoisotopic (exact) mass is 394 g/mol. The lowest BCUT2D eigenvalue weighted by molar-refractivity contribution is -0.116. The van der Waals surface area contributed by atoms with Crippen LogP contribution in [0.3, 0.4) is 0 Å². The van der Waals surface area contributed by atoms with Crippen molar-refractivity contribution in [1.29, 1.82) is 0 Å². The van der Waals surface area contributed by atoms with Crippen LogP contribution in [-0.2, 0) is 16.1 Å². The number of hydrogen-bond donors (Lipinski definition) is 1. The lowest BCUT2D eigenvalue weighted by Crippen LogP contribution is -2.21. The van der Waals surface area contributed by atoms with Crippen LogP contribution in [0, 0.1) is 19.7 Å². The second-order valence-corrected chi connectivity index (χ2v) is 6.63. The van der Waals surface area contributed by atoms with Gasteiger partial charge in [-0.25, -0.2) is 9.18 Å². The fraction of sp³-hybridized carbons (Fsp3) is 0.217. The highest BCUT2D eigenvalue weighted by Crippen LogP contribution is 2.31. The van der Waals surface area contributed by atoms with Crippen LogP contribution in [0.15, 0.2) is 54.6 Å². The first kappa shape index (κ1) is 20.3. The van der Waals surface area contributed by atoms with E-state index in [0.717, 1.165) is 16.8 Å². The number of carbonyl (C=O) groups excluding carboxylic acids is 2. The van der Waals surface area contributed by atoms with Crippen LogP contribution in [0.25, 0.3) is 11.3 Å². The van der Waals surface area contributed by atoms with Crippen molar-refractivity contribution < 1.29 is 18.7 Å². The van der Waals surface area contributed by atoms with E-state index >= 15 is 0 Å². The maximum atomic E-state index is 13.9. The van der Waals surface area contributed by atoms with E-state index in [1.54, 1.807) is 30.5 Å². The molecule has 0 bridgehead atoms. The molecule has 6 heteroatoms. The van der Waals surface area contributed by atoms with Crippen LogP contribution in [-0.4, -0.2) is 23.1 Å². The van der Waals surface area contributed by atoms with Gasteiger partial charge < -0.3 is 14.6 Å². The van der Waals surface area contributed by atoms with Gasteiger partial charge in [0.15, 0.2) is 0 Å². The van der Waals surface area contributed by atoms with Gasteiger partial charge in [0.25, 0.3) is 0 Å². The van der Waals surface area contributed by atoms with Gasteiger partial charge >= 0.3 is 5.97 Å². The minimum atomic E-state index is -0.503. The number of ether oxygens (including phenoxy) is 1. The summed E-state index contributed by atoms with van der Waals surface area (Å²) in [5.74, 6) is -1.31. The maximum absolute atomic E-state index is 13.9. The molecule has 3 rings (SSSR count). The van der Waals surface area contributed by atoms with Crippen molar-refractivity contribution >= 4 is 17.6 Å². The molecule has 0 aliphatic carbocycles. The number of esters is 1. The third-order valence-corrected chi connectivity index (χ3v) is 4.74. The predicted molar refractivity (Wildman–Crippen MR) is 110 cm³/mol. The first-order chi connectivity index (χ1) is 13.9. The second-order valence-electron chi connectivity index (χ2n) is 6.63. The zero-order chi connectivity index (χ0) is 21.0. The summed E-state index contributed by atoms with van der Waals surface area (Å²) in [6.45, 7) is 5.57. The summed E-state index contributed by atoms with van der Waals surface area (Å²) in [6, 6.07) is 15.5. The lowest BCUT2D eigenvalue weighted by atomic mass is 10.1. The van der Waals surface area contributed by atoms with Crippen molar-refractivity contribution in [2.24, 2.45) is 0 Å². The van der Waals surface area contributed by atoms with Gasteiger partial charge in [-0.1, -0.05) is 42.5 Å². The molecule has 29 heavy (non-hydrogen) atoms. The molecular formula is C23H23FN2O3. The van der Waals surface area contributed by atoms with Crippen molar-refractivity contribution in [3.8, 4) is 11.3 Å². The van der Waals surface area contributed by atoms with Gasteiger partial charge in [0.05, 0.1) is 23.6 Å². The Morgan fingerprint density at radius 2 is 1.69 bits per heavy atom. The van der Waals surface area contributed by atoms with E-state index in [1.165, 1.54) is 12.1 Å². The van der Waals surface area contributed by atoms with Gasteiger partial charge in [-0.2, -0.15) is 0 Å². The molecule has 0 unspecified atom stereocenters. The molecule has 0 fully saturated rings. The van der Waals surface area contributed by atoms with E-state index in [2.05, 4.69) is 5.32 Å². The first-order valence-electron chi connectivity index (χ1n) is 9.40. The summed E-state index contributed by atoms with van der Waals surface area (Å²) in [7, 11) is 0. The highest BCUT2D eigenvalue weighted by molar-refractivity contribution is 5.96. The number of amides is 1. The number of benzene rings is 2. The summed E-state index contributed by atoms with van der Waals surface area (Å²) in [4.78, 5) is 25.2. The van der Waals surface area contributed by atoms with Crippen LogP contribution in [0.4, 0.5) is 10.1 Å². The van der Waals surface area contributed by atoms with Crippen molar-refractivity contribution in [3.05, 3.63) is 77.2 Å². The number of rotatable bonds is 6. The zero-order valence-electron chi connectivity index (χ0n) is 16.7. The largest absolute Gasteiger partial charge is 0.462 e. The van der Waals surface area contributed by atoms with Gasteiger partial charge in [-0.15, -0.1) is 0 Å². The van der Waals surface area contributed by atoms with Crippen LogP contribution >= 0.6 is 0 Å². The van der Waals surface area contributed by atoms with E-state index in [0.29, 0.717) is 11.3 Å². The molecule has 3 aromatic rings. The molecule has 0 aliphatic heterocycles. The summed E-state index contributed by atoms with van der Waals surface area (Å²) in [6.07, 6.45) is 0. The molecule has 1 aromatic heterocycles. The fourth-order valence-electron chi connectivity index (χ4n) is 3.46. The third kappa shape index (κ3) is 4.21. The van der Waals surface area contributed by atoms with Crippen molar-refractivity contribution in [3.63, 3.8) is 0 Å². The Kier molecular flexibility index (Phi) is 6.12. The molecule has 0 saturated heterocycles. The number of hydrogen-bond acceptors (Lipinski definition) is 3. The topological polar surface area (TPSA) is 60.3 Å². The second kappa shape index (κ2) is 8.73. The minimum Gasteiger partial charge on any atom is -0.462 e. The van der Waals surface area contributed by atoms with Crippen molar-refractivity contribution in [2.45, 2.75) is 27.3 Å². The summed E-state index contributed by atoms with van der Waals surface area (Å²) >= 11 is 0. The van der Waals surface area contributed by atoms with Crippen molar-refractivity contribution in [2.75, 3.05) is 11.9 Å². The van der Waals surface area contributed by atoms with Crippen LogP contribution in [0.2, 0.25) is 0 Å². The quantitative estimate of drug-likeness (QED) is 0.615. The number of para-hydroxylation sites is 1. The molecule has 1 heterocycles. The number of nitrogens with zero attached hydrogens (tertiary/aromatic N) is 1. The van der Waals surface area contributed by atoms with E-state index in [-0.39, 0.29) is 24.7 Å². The number of anilines is 1. The molecule has 1 N–H and O–H groups in total.